The first-order chi connectivity index (χ1) is 68.6. The Hall–Kier alpha value is -11.2. The molecule has 830 valence electrons. The number of rotatable bonds is 76. The molecule has 45 heteroatoms. The topological polar surface area (TPSA) is 505 Å². The Bertz CT molecular complexity index is 3590. The van der Waals surface area contributed by atoms with Crippen molar-refractivity contribution < 1.29 is 162 Å². The van der Waals surface area contributed by atoms with Crippen LogP contribution in [0.5, 0.6) is 0 Å². The van der Waals surface area contributed by atoms with E-state index < -0.39 is 136 Å². The van der Waals surface area contributed by atoms with E-state index >= 15 is 0 Å². The molecule has 2 atom stereocenters. The summed E-state index contributed by atoms with van der Waals surface area (Å²) in [6.45, 7) is 62.7. The number of unbranched alkanes of at least 4 members (excludes halogenated alkanes) is 2. The zero-order valence-electron chi connectivity index (χ0n) is 89.2. The molecule has 0 aromatic heterocycles. The van der Waals surface area contributed by atoms with Gasteiger partial charge in [0.2, 0.25) is 0 Å². The molecule has 0 heterocycles. The summed E-state index contributed by atoms with van der Waals surface area (Å²) in [5.41, 5.74) is -5.99. The zero-order chi connectivity index (χ0) is 111. The van der Waals surface area contributed by atoms with Crippen LogP contribution in [-0.2, 0) is 138 Å². The fourth-order valence-corrected chi connectivity index (χ4v) is 12.5. The summed E-state index contributed by atoms with van der Waals surface area (Å²) < 4.78 is 98.5. The molecule has 0 bridgehead atoms. The van der Waals surface area contributed by atoms with Crippen molar-refractivity contribution in [3.8, 4) is 0 Å². The number of nitrogens with zero attached hydrogens (tertiary/aromatic N) is 4. The highest BCUT2D eigenvalue weighted by molar-refractivity contribution is 7.99. The molecule has 0 saturated carbocycles. The molecule has 0 aromatic carbocycles. The average Bonchev–Trinajstić information content (AvgIpc) is 0.879. The van der Waals surface area contributed by atoms with Gasteiger partial charge in [0, 0.05) is 126 Å². The quantitative estimate of drug-likeness (QED) is 0.0163. The van der Waals surface area contributed by atoms with E-state index in [9.17, 15) is 71.9 Å². The standard InChI is InChI=1S/C24H43N3O6.C20H35N3O6.2C20H33NO7S.C16H25NO8/c1-8-12-14-26(6)16-20(17-27(7)15-13-9-2)33-23(30)25-24(5,18-31-21(28)10-3)19-32-22(29)11-4;1-8-17(24)27-14-20(5,15-28-18(25)9-2)21-19(26)29-16(12-22(6)10-3)13-23(7)11-4;2*1-6-10-25-12-16(13-29-11-7-2)28-19(24)21-20(5,14-26-17(22)8-3)15-27-18(23)9-4;1-6-13(18)23-10-16(3,11-24-14(19)7-2)17-15(20)25-12(8-21-4)9-22-5/h10-11,20H,3-4,8-9,12-19H2,1-2,5-7H3,(H,25,30);8-9,16H,1-2,10-15H2,3-7H3,(H,21,26);2*8-9,16H,3-4,6-7,10-15H2,1-2,5H3,(H,21,24);6-7,12H,1-2,8-11H2,3-5H3,(H,17,20). The second kappa shape index (κ2) is 87.1. The second-order valence-electron chi connectivity index (χ2n) is 33.8. The maximum absolute atomic E-state index is 12.8. The smallest absolute Gasteiger partial charge is 0.408 e. The summed E-state index contributed by atoms with van der Waals surface area (Å²) in [6.07, 6.45) is 12.1. The molecule has 5 N–H and O–H groups in total. The van der Waals surface area contributed by atoms with E-state index in [2.05, 4.69) is 130 Å². The largest absolute Gasteiger partial charge is 0.460 e. The molecule has 0 aliphatic carbocycles. The van der Waals surface area contributed by atoms with Crippen LogP contribution >= 0.6 is 23.5 Å². The number of hydrogen-bond donors (Lipinski definition) is 5. The number of hydrogen-bond acceptors (Lipinski definition) is 40. The van der Waals surface area contributed by atoms with Crippen molar-refractivity contribution >= 4 is 114 Å². The summed E-state index contributed by atoms with van der Waals surface area (Å²) in [5.74, 6) is -3.57. The Kier molecular flexibility index (Phi) is 85.4. The lowest BCUT2D eigenvalue weighted by molar-refractivity contribution is -0.146. The molecule has 145 heavy (non-hydrogen) atoms. The van der Waals surface area contributed by atoms with E-state index in [1.54, 1.807) is 51.2 Å². The SMILES string of the molecule is C=CC(=O)OCC(C)(COC(=O)C=C)NC(=O)OC(CN(C)CC)CN(C)CC.C=CC(=O)OCC(C)(COC(=O)C=C)NC(=O)OC(CN(C)CCCC)CN(C)CCCC.C=CC(=O)OCC(C)(COC(=O)C=C)NC(=O)OC(COC)COC.C=CC(=O)OCC(C)(COC(=O)C=C)NC(=O)OC(COCCC)CSCCC.C=CC(=O)OCC(C)(COC(=O)C=C)NC(=O)OC(COCCC)CSCCC. The minimum atomic E-state index is -1.22. The third kappa shape index (κ3) is 80.7. The molecule has 0 fully saturated rings. The van der Waals surface area contributed by atoms with Crippen LogP contribution in [0.15, 0.2) is 127 Å². The van der Waals surface area contributed by atoms with Crippen molar-refractivity contribution in [3.63, 3.8) is 0 Å². The van der Waals surface area contributed by atoms with Gasteiger partial charge in [-0.2, -0.15) is 23.5 Å². The molecule has 0 aliphatic rings. The van der Waals surface area contributed by atoms with Crippen LogP contribution in [0, 0.1) is 0 Å². The molecular formula is C100H169N9O34S2. The van der Waals surface area contributed by atoms with Gasteiger partial charge in [-0.25, -0.2) is 71.9 Å². The molecule has 0 saturated heterocycles. The molecule has 0 rings (SSSR count). The molecule has 0 aromatic rings. The van der Waals surface area contributed by atoms with Gasteiger partial charge in [-0.1, -0.05) is 134 Å². The fraction of sp³-hybridized carbons (Fsp3) is 0.650. The minimum absolute atomic E-state index is 0.134. The summed E-state index contributed by atoms with van der Waals surface area (Å²) in [6, 6.07) is 0. The van der Waals surface area contributed by atoms with E-state index in [0.29, 0.717) is 50.9 Å². The van der Waals surface area contributed by atoms with Gasteiger partial charge in [0.05, 0.1) is 26.4 Å². The number of likely N-dealkylation sites (N-methyl/N-ethyl adjacent to an activating group) is 4. The summed E-state index contributed by atoms with van der Waals surface area (Å²) in [4.78, 5) is 185. The Labute approximate surface area is 867 Å². The molecule has 0 radical (unpaired) electrons. The molecule has 2 unspecified atom stereocenters. The van der Waals surface area contributed by atoms with Crippen LogP contribution in [0.2, 0.25) is 0 Å². The lowest BCUT2D eigenvalue weighted by Gasteiger charge is -2.32. The first-order valence-corrected chi connectivity index (χ1v) is 49.8. The third-order valence-corrected chi connectivity index (χ3v) is 21.2. The lowest BCUT2D eigenvalue weighted by Crippen LogP contribution is -2.55. The second-order valence-corrected chi connectivity index (χ2v) is 36.1. The average molecular weight is 2110 g/mol. The minimum Gasteiger partial charge on any atom is -0.460 e. The van der Waals surface area contributed by atoms with Gasteiger partial charge >= 0.3 is 90.2 Å². The monoisotopic (exact) mass is 2100 g/mol. The number of amides is 5. The van der Waals surface area contributed by atoms with Gasteiger partial charge in [0.1, 0.15) is 118 Å². The Morgan fingerprint density at radius 3 is 0.641 bits per heavy atom. The van der Waals surface area contributed by atoms with Gasteiger partial charge in [-0.3, -0.25) is 0 Å². The van der Waals surface area contributed by atoms with Gasteiger partial charge < -0.3 is 136 Å². The van der Waals surface area contributed by atoms with E-state index in [-0.39, 0.29) is 105 Å². The van der Waals surface area contributed by atoms with Gasteiger partial charge in [-0.15, -0.1) is 0 Å². The van der Waals surface area contributed by atoms with Crippen LogP contribution in [-0.4, -0.2) is 391 Å². The zero-order valence-corrected chi connectivity index (χ0v) is 90.8. The van der Waals surface area contributed by atoms with Crippen molar-refractivity contribution in [2.75, 3.05) is 223 Å². The van der Waals surface area contributed by atoms with Gasteiger partial charge in [-0.05, 0) is 139 Å². The first kappa shape index (κ1) is 142. The van der Waals surface area contributed by atoms with E-state index in [1.165, 1.54) is 21.1 Å². The summed E-state index contributed by atoms with van der Waals surface area (Å²) in [5, 5.41) is 13.1. The number of carbonyl (C=O) groups is 15. The van der Waals surface area contributed by atoms with Crippen molar-refractivity contribution in [3.05, 3.63) is 127 Å². The van der Waals surface area contributed by atoms with Crippen molar-refractivity contribution in [2.45, 2.75) is 200 Å². The molecule has 43 nitrogen and oxygen atoms in total. The highest BCUT2D eigenvalue weighted by Gasteiger charge is 2.38. The maximum atomic E-state index is 12.8. The van der Waals surface area contributed by atoms with Crippen molar-refractivity contribution in [1.29, 1.82) is 0 Å². The van der Waals surface area contributed by atoms with Crippen LogP contribution in [0.4, 0.5) is 24.0 Å². The van der Waals surface area contributed by atoms with Gasteiger partial charge in [0.25, 0.3) is 0 Å². The predicted molar refractivity (Wildman–Crippen MR) is 553 cm³/mol. The molecule has 0 spiro atoms. The van der Waals surface area contributed by atoms with Crippen molar-refractivity contribution in [2.24, 2.45) is 0 Å². The van der Waals surface area contributed by atoms with Gasteiger partial charge in [0.15, 0.2) is 6.10 Å². The maximum Gasteiger partial charge on any atom is 0.408 e. The Morgan fingerprint density at radius 2 is 0.469 bits per heavy atom. The molecular weight excluding hydrogens is 1940 g/mol. The number of ether oxygens (including phenoxy) is 19. The summed E-state index contributed by atoms with van der Waals surface area (Å²) >= 11 is 3.34. The van der Waals surface area contributed by atoms with Crippen LogP contribution < -0.4 is 26.6 Å². The summed E-state index contributed by atoms with van der Waals surface area (Å²) in [7, 11) is 10.8. The predicted octanol–water partition coefficient (Wildman–Crippen LogP) is 10.3. The first-order valence-electron chi connectivity index (χ1n) is 47.5. The van der Waals surface area contributed by atoms with E-state index in [0.717, 1.165) is 150 Å². The van der Waals surface area contributed by atoms with Crippen LogP contribution in [0.3, 0.4) is 0 Å². The lowest BCUT2D eigenvalue weighted by atomic mass is 10.1. The Morgan fingerprint density at radius 1 is 0.276 bits per heavy atom. The van der Waals surface area contributed by atoms with Crippen LogP contribution in [0.25, 0.3) is 0 Å². The number of thioether (sulfide) groups is 2. The highest BCUT2D eigenvalue weighted by Crippen LogP contribution is 2.19. The number of esters is 10. The number of methoxy groups -OCH3 is 2. The number of carbonyl (C=O) groups excluding carboxylic acids is 15. The molecule has 0 aliphatic heterocycles. The number of alkyl carbamates (subject to hydrolysis) is 5. The third-order valence-electron chi connectivity index (χ3n) is 18.6. The normalized spacial score (nSPS) is 11.4. The van der Waals surface area contributed by atoms with Crippen LogP contribution in [0.1, 0.15) is 141 Å². The molecule has 5 amide bonds. The Balaban J connectivity index is -0.000000565. The van der Waals surface area contributed by atoms with Crippen molar-refractivity contribution in [1.82, 2.24) is 46.2 Å². The fourth-order valence-electron chi connectivity index (χ4n) is 10.7. The van der Waals surface area contributed by atoms with E-state index in [4.69, 9.17) is 90.0 Å². The van der Waals surface area contributed by atoms with E-state index in [1.807, 2.05) is 65.7 Å². The number of nitrogens with one attached hydrogen (secondary N) is 5. The highest BCUT2D eigenvalue weighted by atomic mass is 32.2.